The summed E-state index contributed by atoms with van der Waals surface area (Å²) in [5.74, 6) is 0.199. The first-order valence-electron chi connectivity index (χ1n) is 6.35. The van der Waals surface area contributed by atoms with Crippen LogP contribution in [0.15, 0.2) is 24.3 Å². The normalized spacial score (nSPS) is 19.5. The van der Waals surface area contributed by atoms with Crippen LogP contribution in [0.5, 0.6) is 0 Å². The number of hydrogen-bond donors (Lipinski definition) is 1. The van der Waals surface area contributed by atoms with Crippen molar-refractivity contribution in [2.75, 3.05) is 32.9 Å². The first-order chi connectivity index (χ1) is 8.56. The van der Waals surface area contributed by atoms with Gasteiger partial charge in [-0.2, -0.15) is 0 Å². The molecule has 0 aromatic heterocycles. The van der Waals surface area contributed by atoms with Gasteiger partial charge in [0.05, 0.1) is 6.42 Å². The molecule has 1 atom stereocenters. The zero-order valence-corrected chi connectivity index (χ0v) is 11.1. The fourth-order valence-corrected chi connectivity index (χ4v) is 2.38. The van der Waals surface area contributed by atoms with Gasteiger partial charge in [0.15, 0.2) is 0 Å². The van der Waals surface area contributed by atoms with Gasteiger partial charge in [0.2, 0.25) is 5.91 Å². The van der Waals surface area contributed by atoms with Crippen molar-refractivity contribution in [2.24, 2.45) is 0 Å². The first kappa shape index (κ1) is 12.9. The topological polar surface area (TPSA) is 49.6 Å². The Labute approximate surface area is 108 Å². The van der Waals surface area contributed by atoms with Crippen molar-refractivity contribution in [2.45, 2.75) is 18.9 Å². The van der Waals surface area contributed by atoms with E-state index in [1.165, 1.54) is 0 Å². The second kappa shape index (κ2) is 5.40. The number of nitrogen functional groups attached to an aromatic ring is 1. The summed E-state index contributed by atoms with van der Waals surface area (Å²) in [7, 11) is 4.13. The summed E-state index contributed by atoms with van der Waals surface area (Å²) in [4.78, 5) is 16.3. The van der Waals surface area contributed by atoms with Gasteiger partial charge >= 0.3 is 0 Å². The van der Waals surface area contributed by atoms with Crippen LogP contribution in [-0.4, -0.2) is 48.9 Å². The van der Waals surface area contributed by atoms with E-state index in [4.69, 9.17) is 5.73 Å². The Balaban J connectivity index is 1.93. The van der Waals surface area contributed by atoms with Crippen LogP contribution in [0.2, 0.25) is 0 Å². The zero-order chi connectivity index (χ0) is 13.1. The molecule has 0 bridgehead atoms. The van der Waals surface area contributed by atoms with Crippen molar-refractivity contribution < 1.29 is 4.79 Å². The third-order valence-electron chi connectivity index (χ3n) is 3.55. The Morgan fingerprint density at radius 3 is 2.89 bits per heavy atom. The summed E-state index contributed by atoms with van der Waals surface area (Å²) in [5.41, 5.74) is 7.43. The SMILES string of the molecule is CN(C)C1CCN(C(=O)Cc2cccc(N)c2)C1. The van der Waals surface area contributed by atoms with Crippen molar-refractivity contribution in [1.29, 1.82) is 0 Å². The van der Waals surface area contributed by atoms with Gasteiger partial charge in [0.1, 0.15) is 0 Å². The van der Waals surface area contributed by atoms with E-state index in [-0.39, 0.29) is 5.91 Å². The lowest BCUT2D eigenvalue weighted by molar-refractivity contribution is -0.129. The summed E-state index contributed by atoms with van der Waals surface area (Å²) in [5, 5.41) is 0. The minimum absolute atomic E-state index is 0.199. The van der Waals surface area contributed by atoms with Crippen molar-refractivity contribution in [3.8, 4) is 0 Å². The summed E-state index contributed by atoms with van der Waals surface area (Å²) in [6.45, 7) is 1.71. The molecule has 0 aliphatic carbocycles. The van der Waals surface area contributed by atoms with E-state index in [0.717, 1.165) is 25.1 Å². The minimum Gasteiger partial charge on any atom is -0.399 e. The average molecular weight is 247 g/mol. The predicted octanol–water partition coefficient (Wildman–Crippen LogP) is 0.974. The number of benzene rings is 1. The van der Waals surface area contributed by atoms with Gasteiger partial charge in [-0.25, -0.2) is 0 Å². The van der Waals surface area contributed by atoms with E-state index in [9.17, 15) is 4.79 Å². The molecule has 1 heterocycles. The van der Waals surface area contributed by atoms with Gasteiger partial charge < -0.3 is 15.5 Å². The molecule has 1 unspecified atom stereocenters. The molecule has 1 saturated heterocycles. The molecule has 1 fully saturated rings. The number of likely N-dealkylation sites (tertiary alicyclic amines) is 1. The molecule has 0 saturated carbocycles. The lowest BCUT2D eigenvalue weighted by Gasteiger charge is -2.20. The number of nitrogens with zero attached hydrogens (tertiary/aromatic N) is 2. The van der Waals surface area contributed by atoms with Gasteiger partial charge in [-0.05, 0) is 38.2 Å². The van der Waals surface area contributed by atoms with Crippen LogP contribution in [-0.2, 0) is 11.2 Å². The fourth-order valence-electron chi connectivity index (χ4n) is 2.38. The van der Waals surface area contributed by atoms with E-state index < -0.39 is 0 Å². The number of rotatable bonds is 3. The van der Waals surface area contributed by atoms with Crippen LogP contribution in [0.4, 0.5) is 5.69 Å². The van der Waals surface area contributed by atoms with E-state index in [1.54, 1.807) is 0 Å². The molecule has 0 radical (unpaired) electrons. The molecule has 18 heavy (non-hydrogen) atoms. The Kier molecular flexibility index (Phi) is 3.87. The van der Waals surface area contributed by atoms with Crippen LogP contribution < -0.4 is 5.73 Å². The molecular weight excluding hydrogens is 226 g/mol. The summed E-state index contributed by atoms with van der Waals surface area (Å²) in [6, 6.07) is 8.05. The number of amides is 1. The van der Waals surface area contributed by atoms with E-state index in [2.05, 4.69) is 19.0 Å². The Hall–Kier alpha value is -1.55. The fraction of sp³-hybridized carbons (Fsp3) is 0.500. The summed E-state index contributed by atoms with van der Waals surface area (Å²) >= 11 is 0. The second-order valence-electron chi connectivity index (χ2n) is 5.17. The van der Waals surface area contributed by atoms with Crippen molar-refractivity contribution in [3.05, 3.63) is 29.8 Å². The van der Waals surface area contributed by atoms with Crippen LogP contribution in [0.25, 0.3) is 0 Å². The summed E-state index contributed by atoms with van der Waals surface area (Å²) in [6.07, 6.45) is 1.51. The molecular formula is C14H21N3O. The van der Waals surface area contributed by atoms with Crippen LogP contribution in [0, 0.1) is 0 Å². The van der Waals surface area contributed by atoms with Crippen LogP contribution >= 0.6 is 0 Å². The van der Waals surface area contributed by atoms with Crippen LogP contribution in [0.3, 0.4) is 0 Å². The predicted molar refractivity (Wildman–Crippen MR) is 73.2 cm³/mol. The number of likely N-dealkylation sites (N-methyl/N-ethyl adjacent to an activating group) is 1. The zero-order valence-electron chi connectivity index (χ0n) is 11.1. The largest absolute Gasteiger partial charge is 0.399 e. The molecule has 1 aromatic carbocycles. The third-order valence-corrected chi connectivity index (χ3v) is 3.55. The second-order valence-corrected chi connectivity index (χ2v) is 5.17. The van der Waals surface area contributed by atoms with Gasteiger partial charge in [0.25, 0.3) is 0 Å². The van der Waals surface area contributed by atoms with E-state index in [0.29, 0.717) is 18.2 Å². The molecule has 4 nitrogen and oxygen atoms in total. The molecule has 1 aromatic rings. The summed E-state index contributed by atoms with van der Waals surface area (Å²) < 4.78 is 0. The molecule has 4 heteroatoms. The molecule has 2 rings (SSSR count). The number of anilines is 1. The molecule has 1 aliphatic heterocycles. The highest BCUT2D eigenvalue weighted by Gasteiger charge is 2.27. The maximum atomic E-state index is 12.2. The highest BCUT2D eigenvalue weighted by Crippen LogP contribution is 2.15. The van der Waals surface area contributed by atoms with E-state index >= 15 is 0 Å². The highest BCUT2D eigenvalue weighted by molar-refractivity contribution is 5.79. The lowest BCUT2D eigenvalue weighted by Crippen LogP contribution is -2.35. The number of nitrogens with two attached hydrogens (primary N) is 1. The van der Waals surface area contributed by atoms with Gasteiger partial charge in [-0.3, -0.25) is 4.79 Å². The molecule has 0 spiro atoms. The van der Waals surface area contributed by atoms with Crippen molar-refractivity contribution in [1.82, 2.24) is 9.80 Å². The molecule has 1 aliphatic rings. The number of hydrogen-bond acceptors (Lipinski definition) is 3. The molecule has 2 N–H and O–H groups in total. The number of carbonyl (C=O) groups excluding carboxylic acids is 1. The Morgan fingerprint density at radius 2 is 2.28 bits per heavy atom. The molecule has 98 valence electrons. The van der Waals surface area contributed by atoms with Gasteiger partial charge in [-0.1, -0.05) is 12.1 Å². The standard InChI is InChI=1S/C14H21N3O/c1-16(2)13-6-7-17(10-13)14(18)9-11-4-3-5-12(15)8-11/h3-5,8,13H,6-7,9-10,15H2,1-2H3. The highest BCUT2D eigenvalue weighted by atomic mass is 16.2. The van der Waals surface area contributed by atoms with Crippen LogP contribution in [0.1, 0.15) is 12.0 Å². The van der Waals surface area contributed by atoms with Crippen molar-refractivity contribution in [3.63, 3.8) is 0 Å². The Bertz CT molecular complexity index is 431. The minimum atomic E-state index is 0.199. The average Bonchev–Trinajstić information content (AvgIpc) is 2.78. The third kappa shape index (κ3) is 3.01. The lowest BCUT2D eigenvalue weighted by atomic mass is 10.1. The van der Waals surface area contributed by atoms with Gasteiger partial charge in [-0.15, -0.1) is 0 Å². The maximum absolute atomic E-state index is 12.2. The van der Waals surface area contributed by atoms with Gasteiger partial charge in [0, 0.05) is 24.8 Å². The number of carbonyl (C=O) groups is 1. The Morgan fingerprint density at radius 1 is 1.50 bits per heavy atom. The molecule has 1 amide bonds. The first-order valence-corrected chi connectivity index (χ1v) is 6.35. The quantitative estimate of drug-likeness (QED) is 0.810. The smallest absolute Gasteiger partial charge is 0.227 e. The van der Waals surface area contributed by atoms with E-state index in [1.807, 2.05) is 29.2 Å². The monoisotopic (exact) mass is 247 g/mol. The van der Waals surface area contributed by atoms with Crippen molar-refractivity contribution >= 4 is 11.6 Å². The maximum Gasteiger partial charge on any atom is 0.227 e.